The molecule has 0 saturated heterocycles. The highest BCUT2D eigenvalue weighted by Gasteiger charge is 2.32. The van der Waals surface area contributed by atoms with Crippen molar-refractivity contribution in [2.24, 2.45) is 5.73 Å². The lowest BCUT2D eigenvalue weighted by atomic mass is 9.80. The third-order valence-corrected chi connectivity index (χ3v) is 18.6. The molecule has 0 aliphatic rings. The van der Waals surface area contributed by atoms with E-state index in [-0.39, 0.29) is 33.0 Å². The van der Waals surface area contributed by atoms with Crippen molar-refractivity contribution in [2.45, 2.75) is 60.0 Å². The zero-order valence-corrected chi connectivity index (χ0v) is 70.2. The first kappa shape index (κ1) is 96.2. The largest absolute Gasteiger partial charge is 0.488 e. The van der Waals surface area contributed by atoms with Gasteiger partial charge in [-0.3, -0.25) is 29.8 Å². The summed E-state index contributed by atoms with van der Waals surface area (Å²) in [6.45, 7) is 7.97. The van der Waals surface area contributed by atoms with E-state index < -0.39 is 53.5 Å². The Labute approximate surface area is 736 Å². The lowest BCUT2D eigenvalue weighted by Crippen LogP contribution is -2.34. The van der Waals surface area contributed by atoms with Gasteiger partial charge in [0.2, 0.25) is 0 Å². The number of benzene rings is 12. The number of hydrogen-bond acceptors (Lipinski definition) is 19. The van der Waals surface area contributed by atoms with Gasteiger partial charge in [0.25, 0.3) is 12.5 Å². The van der Waals surface area contributed by atoms with E-state index in [2.05, 4.69) is 113 Å². The fraction of sp³-hybridized carbons (Fsp3) is 0.133. The van der Waals surface area contributed by atoms with Crippen molar-refractivity contribution in [1.29, 1.82) is 0 Å². The maximum atomic E-state index is 11.9. The van der Waals surface area contributed by atoms with Crippen LogP contribution < -0.4 is 30.1 Å². The van der Waals surface area contributed by atoms with Crippen molar-refractivity contribution in [3.63, 3.8) is 0 Å². The van der Waals surface area contributed by atoms with Crippen LogP contribution in [0.2, 0.25) is 0 Å². The minimum absolute atomic E-state index is 0. The van der Waals surface area contributed by atoms with Gasteiger partial charge in [0.15, 0.2) is 0 Å². The number of hydrogen-bond donors (Lipinski definition) is 8. The van der Waals surface area contributed by atoms with Crippen LogP contribution in [0.25, 0.3) is 77.0 Å². The van der Waals surface area contributed by atoms with E-state index in [4.69, 9.17) is 58.9 Å². The van der Waals surface area contributed by atoms with Crippen molar-refractivity contribution < 1.29 is 82.1 Å². The number of fused-ring (bicyclic) bond motifs is 4. The summed E-state index contributed by atoms with van der Waals surface area (Å²) in [5.74, 6) is 3.41. The van der Waals surface area contributed by atoms with Crippen molar-refractivity contribution in [2.75, 3.05) is 26.4 Å². The van der Waals surface area contributed by atoms with Crippen LogP contribution in [0.3, 0.4) is 0 Å². The molecule has 9 N–H and O–H groups in total. The second-order valence-corrected chi connectivity index (χ2v) is 27.9. The summed E-state index contributed by atoms with van der Waals surface area (Å²) in [5.41, 5.74) is 18.9. The molecule has 0 bridgehead atoms. The molecule has 28 heteroatoms. The molecular weight excluding hydrogens is 1670 g/mol. The number of nitrogens with one attached hydrogen (secondary N) is 4. The Hall–Kier alpha value is -15.2. The fourth-order valence-electron chi connectivity index (χ4n) is 12.2. The zero-order valence-electron chi connectivity index (χ0n) is 68.6. The summed E-state index contributed by atoms with van der Waals surface area (Å²) in [6.07, 6.45) is 7.92. The number of H-pyrrole nitrogens is 4. The molecule has 0 saturated carbocycles. The molecule has 16 aromatic rings. The lowest BCUT2D eigenvalue weighted by molar-refractivity contribution is -0.510. The number of ether oxygens (including phenoxy) is 7. The molecule has 4 heterocycles. The van der Waals surface area contributed by atoms with E-state index in [1.165, 1.54) is 27.4 Å². The smallest absolute Gasteiger partial charge is 0.481 e. The first-order valence-electron chi connectivity index (χ1n) is 39.3. The summed E-state index contributed by atoms with van der Waals surface area (Å²) in [4.78, 5) is 83.4. The van der Waals surface area contributed by atoms with E-state index in [9.17, 15) is 34.6 Å². The SMILES string of the molecule is Brc1ccc2cc[nH]c2c1.C.C=O.CC(=O)O.CCOC(=O)C(Cc1c[nH]c2cc(-c3ccc(Oc4ccccc4)cc3)ccc12)[N+](=O)[O-].CCOC(=O)C(N)Cc1c[nH]c2cc(-c3ccc(Oc4ccccc4)cc3)ccc12.CCOC(=O)C[N+](=O)[O-].OB(O)c1ccc(Oc2ccccc2)cc1.c1ccc(Oc2ccc(-c3ccc4cc[nH]c4c3)cc2)cc1. The second kappa shape index (κ2) is 50.2. The second-order valence-electron chi connectivity index (χ2n) is 26.9. The number of aromatic nitrogens is 4. The van der Waals surface area contributed by atoms with Crippen molar-refractivity contribution in [3.8, 4) is 79.4 Å². The number of nitro groups is 2. The molecule has 0 fully saturated rings. The molecule has 0 amide bonds. The zero-order chi connectivity index (χ0) is 89.4. The highest BCUT2D eigenvalue weighted by molar-refractivity contribution is 9.10. The van der Waals surface area contributed by atoms with Crippen molar-refractivity contribution in [3.05, 3.63) is 364 Å². The van der Waals surface area contributed by atoms with Crippen molar-refractivity contribution >= 4 is 103 Å². The van der Waals surface area contributed by atoms with Crippen LogP contribution >= 0.6 is 15.9 Å². The van der Waals surface area contributed by atoms with Crippen LogP contribution in [0.5, 0.6) is 46.0 Å². The summed E-state index contributed by atoms with van der Waals surface area (Å²) in [6, 6.07) is 95.8. The molecule has 4 aromatic heterocycles. The number of aliphatic carboxylic acids is 1. The van der Waals surface area contributed by atoms with Gasteiger partial charge in [-0.2, -0.15) is 0 Å². The predicted octanol–water partition coefficient (Wildman–Crippen LogP) is 20.5. The average molecular weight is 1770 g/mol. The summed E-state index contributed by atoms with van der Waals surface area (Å²) >= 11 is 3.40. The Morgan fingerprint density at radius 3 is 1.12 bits per heavy atom. The number of carboxylic acids is 1. The molecule has 0 radical (unpaired) electrons. The lowest BCUT2D eigenvalue weighted by Gasteiger charge is -2.10. The molecular formula is C98H95BBrN7O19. The number of carbonyl (C=O) groups is 5. The molecule has 2 unspecified atom stereocenters. The Balaban J connectivity index is 0.000000193. The summed E-state index contributed by atoms with van der Waals surface area (Å²) < 4.78 is 38.3. The Morgan fingerprint density at radius 2 is 0.754 bits per heavy atom. The first-order chi connectivity index (χ1) is 60.6. The number of esters is 3. The normalized spacial score (nSPS) is 10.6. The third-order valence-electron chi connectivity index (χ3n) is 18.1. The molecule has 2 atom stereocenters. The highest BCUT2D eigenvalue weighted by Crippen LogP contribution is 2.34. The number of nitrogens with zero attached hydrogens (tertiary/aromatic N) is 2. The molecule has 0 spiro atoms. The van der Waals surface area contributed by atoms with Gasteiger partial charge < -0.3 is 78.8 Å². The van der Waals surface area contributed by atoms with Gasteiger partial charge in [-0.25, -0.2) is 9.59 Å². The minimum atomic E-state index is -1.44. The van der Waals surface area contributed by atoms with E-state index in [1.54, 1.807) is 51.2 Å². The summed E-state index contributed by atoms with van der Waals surface area (Å²) in [5, 5.41) is 50.6. The highest BCUT2D eigenvalue weighted by atomic mass is 79.9. The minimum Gasteiger partial charge on any atom is -0.481 e. The fourth-order valence-corrected chi connectivity index (χ4v) is 12.6. The molecule has 12 aromatic carbocycles. The van der Waals surface area contributed by atoms with Gasteiger partial charge in [0, 0.05) is 85.3 Å². The van der Waals surface area contributed by atoms with Crippen molar-refractivity contribution in [1.82, 2.24) is 19.9 Å². The monoisotopic (exact) mass is 1760 g/mol. The van der Waals surface area contributed by atoms with Gasteiger partial charge in [-0.1, -0.05) is 187 Å². The van der Waals surface area contributed by atoms with Gasteiger partial charge in [-0.15, -0.1) is 0 Å². The molecule has 0 aliphatic carbocycles. The van der Waals surface area contributed by atoms with Gasteiger partial charge in [-0.05, 0) is 221 Å². The molecule has 646 valence electrons. The van der Waals surface area contributed by atoms with Gasteiger partial charge >= 0.3 is 31.1 Å². The maximum absolute atomic E-state index is 11.9. The third kappa shape index (κ3) is 30.4. The Morgan fingerprint density at radius 1 is 0.429 bits per heavy atom. The topological polar surface area (TPSA) is 386 Å². The van der Waals surface area contributed by atoms with Crippen LogP contribution in [-0.4, -0.2) is 121 Å². The van der Waals surface area contributed by atoms with E-state index in [1.807, 2.05) is 232 Å². The van der Waals surface area contributed by atoms with E-state index >= 15 is 0 Å². The van der Waals surface area contributed by atoms with Crippen LogP contribution in [-0.2, 0) is 51.0 Å². The van der Waals surface area contributed by atoms with Gasteiger partial charge in [0.1, 0.15) is 58.8 Å². The van der Waals surface area contributed by atoms with Crippen LogP contribution in [0.1, 0.15) is 46.2 Å². The van der Waals surface area contributed by atoms with E-state index in [0.29, 0.717) is 29.8 Å². The standard InChI is InChI=1S/C25H22N2O5.C25H24N2O3.C20H15NO.C12H11BO3.C8H6BrN.C4H7NO4.C2H4O2.CH2O.CH4/c1-2-31-25(28)24(27(29)30)15-19-16-26-23-14-18(10-13-22(19)23)17-8-11-21(12-9-17)32-20-6-4-3-5-7-20;1-2-29-25(28)23(26)14-19-16-27-24-15-18(10-13-22(19)24)17-8-11-21(12-9-17)30-20-6-4-3-5-7-20;1-2-4-18(5-3-1)22-19-10-8-15(9-11-19)17-7-6-16-12-13-21-20(16)14-17;14-13(15)10-6-8-12(9-7-10)16-11-4-2-1-3-5-11;9-7-2-1-6-3-4-10-8(6)5-7;1-2-9-4(6)3-5(7)8;1-2(3)4;1-2;/h3-14,16,24,26H,2,15H2,1H3;3-13,15-16,23,27H,2,14,26H2,1H3;1-14,21H;1-9,14-15H;1-5,10H;2-3H2,1H3;1H3,(H,3,4);1H2;1H4. The number of rotatable bonds is 24. The van der Waals surface area contributed by atoms with Crippen LogP contribution in [0.4, 0.5) is 0 Å². The van der Waals surface area contributed by atoms with Gasteiger partial charge in [0.05, 0.1) is 26.2 Å². The number of aromatic amines is 4. The molecule has 126 heavy (non-hydrogen) atoms. The number of carboxylic acid groups (broad SMARTS) is 1. The predicted molar refractivity (Wildman–Crippen MR) is 495 cm³/mol. The Bertz CT molecular complexity index is 6060. The molecule has 26 nitrogen and oxygen atoms in total. The number of nitrogens with two attached hydrogens (primary N) is 1. The average Bonchev–Trinajstić information content (AvgIpc) is 1.65. The number of halogens is 1. The quantitative estimate of drug-likeness (QED) is 0.00915. The Kier molecular flexibility index (Phi) is 38.4. The first-order valence-corrected chi connectivity index (χ1v) is 40.0. The van der Waals surface area contributed by atoms with E-state index in [0.717, 1.165) is 107 Å². The molecule has 16 rings (SSSR count). The van der Waals surface area contributed by atoms with Crippen LogP contribution in [0, 0.1) is 20.2 Å². The number of carbonyl (C=O) groups excluding carboxylic acids is 4. The van der Waals surface area contributed by atoms with Crippen LogP contribution in [0.15, 0.2) is 333 Å². The molecule has 0 aliphatic heterocycles. The number of para-hydroxylation sites is 4. The maximum Gasteiger partial charge on any atom is 0.488 e. The summed E-state index contributed by atoms with van der Waals surface area (Å²) in [7, 11) is -1.44.